The highest BCUT2D eigenvalue weighted by Crippen LogP contribution is 1.95. The molecule has 1 nitrogen and oxygen atoms in total. The van der Waals surface area contributed by atoms with Gasteiger partial charge < -0.3 is 5.11 Å². The predicted octanol–water partition coefficient (Wildman–Crippen LogP) is 1.29. The first-order chi connectivity index (χ1) is 3.93. The van der Waals surface area contributed by atoms with Gasteiger partial charge in [0.2, 0.25) is 0 Å². The van der Waals surface area contributed by atoms with Crippen molar-refractivity contribution >= 4 is 13.5 Å². The van der Waals surface area contributed by atoms with E-state index in [0.29, 0.717) is 0 Å². The molecule has 0 aliphatic rings. The topological polar surface area (TPSA) is 20.2 Å². The Bertz CT molecular complexity index is 150. The summed E-state index contributed by atoms with van der Waals surface area (Å²) in [6, 6.07) is 9.52. The Kier molecular flexibility index (Phi) is 4.18. The van der Waals surface area contributed by atoms with Crippen molar-refractivity contribution in [2.45, 2.75) is 6.61 Å². The van der Waals surface area contributed by atoms with E-state index < -0.39 is 0 Å². The second-order valence-electron chi connectivity index (χ2n) is 1.64. The standard InChI is InChI=1S/C7H8O.H2S/c8-6-7-4-2-1-3-5-7;/h1-5,8H,6H2;1H2. The first-order valence-corrected chi connectivity index (χ1v) is 2.58. The molecule has 1 aromatic carbocycles. The summed E-state index contributed by atoms with van der Waals surface area (Å²) >= 11 is 0. The van der Waals surface area contributed by atoms with Crippen LogP contribution in [0, 0.1) is 0 Å². The van der Waals surface area contributed by atoms with Crippen molar-refractivity contribution < 1.29 is 5.11 Å². The van der Waals surface area contributed by atoms with Crippen LogP contribution in [-0.2, 0) is 6.61 Å². The molecule has 0 fully saturated rings. The second-order valence-corrected chi connectivity index (χ2v) is 1.64. The van der Waals surface area contributed by atoms with Crippen LogP contribution in [0.3, 0.4) is 0 Å². The smallest absolute Gasteiger partial charge is 0.0681 e. The summed E-state index contributed by atoms with van der Waals surface area (Å²) in [5.74, 6) is 0. The van der Waals surface area contributed by atoms with Crippen molar-refractivity contribution in [2.75, 3.05) is 0 Å². The minimum Gasteiger partial charge on any atom is -0.392 e. The minimum atomic E-state index is 0. The van der Waals surface area contributed by atoms with Gasteiger partial charge in [0.1, 0.15) is 0 Å². The summed E-state index contributed by atoms with van der Waals surface area (Å²) < 4.78 is 0. The van der Waals surface area contributed by atoms with Crippen molar-refractivity contribution in [1.82, 2.24) is 0 Å². The van der Waals surface area contributed by atoms with Gasteiger partial charge in [-0.2, -0.15) is 13.5 Å². The van der Waals surface area contributed by atoms with Crippen molar-refractivity contribution in [3.8, 4) is 0 Å². The average Bonchev–Trinajstić information content (AvgIpc) is 1.90. The summed E-state index contributed by atoms with van der Waals surface area (Å²) in [5.41, 5.74) is 0.965. The maximum atomic E-state index is 8.54. The third-order valence-electron chi connectivity index (χ3n) is 1.03. The lowest BCUT2D eigenvalue weighted by Crippen LogP contribution is -1.77. The Balaban J connectivity index is 0.000000640. The highest BCUT2D eigenvalue weighted by atomic mass is 32.1. The van der Waals surface area contributed by atoms with Gasteiger partial charge in [0.05, 0.1) is 6.61 Å². The zero-order valence-electron chi connectivity index (χ0n) is 5.04. The molecule has 0 radical (unpaired) electrons. The van der Waals surface area contributed by atoms with Gasteiger partial charge in [-0.3, -0.25) is 0 Å². The summed E-state index contributed by atoms with van der Waals surface area (Å²) in [5, 5.41) is 8.54. The first-order valence-electron chi connectivity index (χ1n) is 2.58. The summed E-state index contributed by atoms with van der Waals surface area (Å²) in [6.07, 6.45) is 0. The molecule has 0 amide bonds. The second kappa shape index (κ2) is 4.41. The first kappa shape index (κ1) is 8.53. The van der Waals surface area contributed by atoms with Crippen LogP contribution >= 0.6 is 13.5 Å². The molecular formula is C7H10OS. The van der Waals surface area contributed by atoms with E-state index in [-0.39, 0.29) is 20.1 Å². The van der Waals surface area contributed by atoms with E-state index in [2.05, 4.69) is 0 Å². The number of benzene rings is 1. The van der Waals surface area contributed by atoms with Crippen LogP contribution in [-0.4, -0.2) is 5.11 Å². The lowest BCUT2D eigenvalue weighted by Gasteiger charge is -1.89. The molecule has 1 aromatic rings. The third-order valence-corrected chi connectivity index (χ3v) is 1.03. The molecule has 1 rings (SSSR count). The normalized spacial score (nSPS) is 8.11. The van der Waals surface area contributed by atoms with Crippen molar-refractivity contribution in [2.24, 2.45) is 0 Å². The molecular weight excluding hydrogens is 132 g/mol. The van der Waals surface area contributed by atoms with Crippen LogP contribution in [0.5, 0.6) is 0 Å². The summed E-state index contributed by atoms with van der Waals surface area (Å²) in [4.78, 5) is 0. The van der Waals surface area contributed by atoms with Gasteiger partial charge in [-0.25, -0.2) is 0 Å². The molecule has 0 saturated carbocycles. The van der Waals surface area contributed by atoms with Crippen LogP contribution in [0.15, 0.2) is 30.3 Å². The Morgan fingerprint density at radius 2 is 1.67 bits per heavy atom. The molecule has 0 aliphatic carbocycles. The number of hydrogen-bond donors (Lipinski definition) is 1. The molecule has 0 bridgehead atoms. The third kappa shape index (κ3) is 2.54. The molecule has 0 aliphatic heterocycles. The van der Waals surface area contributed by atoms with Gasteiger partial charge in [-0.1, -0.05) is 30.3 Å². The Labute approximate surface area is 61.8 Å². The Morgan fingerprint density at radius 1 is 1.11 bits per heavy atom. The van der Waals surface area contributed by atoms with Gasteiger partial charge in [0.25, 0.3) is 0 Å². The molecule has 0 saturated heterocycles. The summed E-state index contributed by atoms with van der Waals surface area (Å²) in [7, 11) is 0. The Morgan fingerprint density at radius 3 is 2.00 bits per heavy atom. The lowest BCUT2D eigenvalue weighted by atomic mass is 10.2. The zero-order valence-corrected chi connectivity index (χ0v) is 6.04. The van der Waals surface area contributed by atoms with Crippen LogP contribution < -0.4 is 0 Å². The van der Waals surface area contributed by atoms with E-state index in [1.54, 1.807) is 0 Å². The lowest BCUT2D eigenvalue weighted by molar-refractivity contribution is 0.282. The fraction of sp³-hybridized carbons (Fsp3) is 0.143. The summed E-state index contributed by atoms with van der Waals surface area (Å²) in [6.45, 7) is 0.140. The largest absolute Gasteiger partial charge is 0.392 e. The number of aliphatic hydroxyl groups is 1. The van der Waals surface area contributed by atoms with Crippen LogP contribution in [0.25, 0.3) is 0 Å². The number of hydrogen-bond acceptors (Lipinski definition) is 1. The molecule has 0 heterocycles. The molecule has 2 heteroatoms. The van der Waals surface area contributed by atoms with Crippen LogP contribution in [0.1, 0.15) is 5.56 Å². The maximum absolute atomic E-state index is 8.54. The molecule has 0 atom stereocenters. The average molecular weight is 142 g/mol. The SMILES string of the molecule is OCc1ccccc1.S. The van der Waals surface area contributed by atoms with E-state index in [4.69, 9.17) is 5.11 Å². The molecule has 50 valence electrons. The monoisotopic (exact) mass is 142 g/mol. The fourth-order valence-corrected chi connectivity index (χ4v) is 0.583. The van der Waals surface area contributed by atoms with Gasteiger partial charge in [-0.15, -0.1) is 0 Å². The van der Waals surface area contributed by atoms with E-state index >= 15 is 0 Å². The molecule has 0 aromatic heterocycles. The highest BCUT2D eigenvalue weighted by molar-refractivity contribution is 7.59. The van der Waals surface area contributed by atoms with Gasteiger partial charge in [0.15, 0.2) is 0 Å². The maximum Gasteiger partial charge on any atom is 0.0681 e. The fourth-order valence-electron chi connectivity index (χ4n) is 0.583. The quantitative estimate of drug-likeness (QED) is 0.626. The zero-order chi connectivity index (χ0) is 5.82. The van der Waals surface area contributed by atoms with E-state index in [1.807, 2.05) is 30.3 Å². The highest BCUT2D eigenvalue weighted by Gasteiger charge is 1.81. The molecule has 9 heavy (non-hydrogen) atoms. The minimum absolute atomic E-state index is 0. The van der Waals surface area contributed by atoms with Crippen molar-refractivity contribution in [3.05, 3.63) is 35.9 Å². The van der Waals surface area contributed by atoms with Gasteiger partial charge in [0, 0.05) is 0 Å². The van der Waals surface area contributed by atoms with Crippen molar-refractivity contribution in [1.29, 1.82) is 0 Å². The predicted molar refractivity (Wildman–Crippen MR) is 42.7 cm³/mol. The molecule has 0 unspecified atom stereocenters. The van der Waals surface area contributed by atoms with Crippen LogP contribution in [0.4, 0.5) is 0 Å². The van der Waals surface area contributed by atoms with Gasteiger partial charge in [-0.05, 0) is 5.56 Å². The van der Waals surface area contributed by atoms with Gasteiger partial charge >= 0.3 is 0 Å². The number of aliphatic hydroxyl groups excluding tert-OH is 1. The van der Waals surface area contributed by atoms with Crippen LogP contribution in [0.2, 0.25) is 0 Å². The van der Waals surface area contributed by atoms with E-state index in [0.717, 1.165) is 5.56 Å². The molecule has 0 spiro atoms. The molecule has 1 N–H and O–H groups in total. The van der Waals surface area contributed by atoms with E-state index in [1.165, 1.54) is 0 Å². The Hall–Kier alpha value is -0.470. The van der Waals surface area contributed by atoms with E-state index in [9.17, 15) is 0 Å². The number of rotatable bonds is 1. The van der Waals surface area contributed by atoms with Crippen molar-refractivity contribution in [3.63, 3.8) is 0 Å².